The van der Waals surface area contributed by atoms with Gasteiger partial charge < -0.3 is 10.4 Å². The molecule has 2 aromatic rings. The first kappa shape index (κ1) is 17.4. The predicted molar refractivity (Wildman–Crippen MR) is 92.4 cm³/mol. The molecule has 0 saturated carbocycles. The summed E-state index contributed by atoms with van der Waals surface area (Å²) in [5, 5.41) is 18.0. The highest BCUT2D eigenvalue weighted by atomic mass is 32.1. The number of anilines is 1. The van der Waals surface area contributed by atoms with Gasteiger partial charge in [0.2, 0.25) is 0 Å². The predicted octanol–water partition coefficient (Wildman–Crippen LogP) is 3.12. The van der Waals surface area contributed by atoms with Crippen LogP contribution in [0.15, 0.2) is 29.9 Å². The van der Waals surface area contributed by atoms with Gasteiger partial charge in [-0.3, -0.25) is 10.3 Å². The van der Waals surface area contributed by atoms with Crippen LogP contribution in [0, 0.1) is 5.92 Å². The van der Waals surface area contributed by atoms with Crippen molar-refractivity contribution in [1.29, 1.82) is 0 Å². The Hall–Kier alpha value is -1.99. The Kier molecular flexibility index (Phi) is 5.68. The van der Waals surface area contributed by atoms with Gasteiger partial charge in [-0.2, -0.15) is 0 Å². The molecule has 0 aliphatic rings. The third kappa shape index (κ3) is 4.74. The van der Waals surface area contributed by atoms with Crippen LogP contribution < -0.4 is 10.6 Å². The lowest BCUT2D eigenvalue weighted by Gasteiger charge is -2.29. The standard InChI is InChI=1S/C16H22N4O2S/c1-4-11(2)16(3,22)10-18-14(21)20-15-19-13(9-23-15)12-6-5-7-17-8-12/h5-9,11,22H,4,10H2,1-3H3,(H2,18,19,20,21). The summed E-state index contributed by atoms with van der Waals surface area (Å²) < 4.78 is 0. The van der Waals surface area contributed by atoms with Crippen LogP contribution in [0.2, 0.25) is 0 Å². The van der Waals surface area contributed by atoms with Crippen molar-refractivity contribution in [1.82, 2.24) is 15.3 Å². The van der Waals surface area contributed by atoms with Gasteiger partial charge in [-0.15, -0.1) is 11.3 Å². The van der Waals surface area contributed by atoms with Crippen LogP contribution in [0.3, 0.4) is 0 Å². The summed E-state index contributed by atoms with van der Waals surface area (Å²) in [4.78, 5) is 20.3. The molecule has 2 unspecified atom stereocenters. The Bertz CT molecular complexity index is 643. The lowest BCUT2D eigenvalue weighted by atomic mass is 9.89. The van der Waals surface area contributed by atoms with E-state index < -0.39 is 5.60 Å². The number of urea groups is 1. The Morgan fingerprint density at radius 2 is 2.30 bits per heavy atom. The fraction of sp³-hybridized carbons (Fsp3) is 0.438. The van der Waals surface area contributed by atoms with Crippen molar-refractivity contribution < 1.29 is 9.90 Å². The summed E-state index contributed by atoms with van der Waals surface area (Å²) in [5.74, 6) is 0.0971. The van der Waals surface area contributed by atoms with E-state index in [1.165, 1.54) is 11.3 Å². The van der Waals surface area contributed by atoms with E-state index in [4.69, 9.17) is 0 Å². The van der Waals surface area contributed by atoms with Gasteiger partial charge in [0.25, 0.3) is 0 Å². The third-order valence-electron chi connectivity index (χ3n) is 3.96. The van der Waals surface area contributed by atoms with Gasteiger partial charge in [-0.1, -0.05) is 20.3 Å². The summed E-state index contributed by atoms with van der Waals surface area (Å²) >= 11 is 1.34. The Morgan fingerprint density at radius 3 is 2.96 bits per heavy atom. The van der Waals surface area contributed by atoms with Crippen molar-refractivity contribution in [2.24, 2.45) is 5.92 Å². The topological polar surface area (TPSA) is 87.1 Å². The largest absolute Gasteiger partial charge is 0.388 e. The number of carbonyl (C=O) groups is 1. The monoisotopic (exact) mass is 334 g/mol. The number of amides is 2. The fourth-order valence-corrected chi connectivity index (χ4v) is 2.71. The second-order valence-electron chi connectivity index (χ2n) is 5.75. The number of hydrogen-bond donors (Lipinski definition) is 3. The van der Waals surface area contributed by atoms with Crippen LogP contribution in [0.1, 0.15) is 27.2 Å². The summed E-state index contributed by atoms with van der Waals surface area (Å²) in [6.07, 6.45) is 4.27. The van der Waals surface area contributed by atoms with Crippen LogP contribution >= 0.6 is 11.3 Å². The molecule has 6 nitrogen and oxygen atoms in total. The SMILES string of the molecule is CCC(C)C(C)(O)CNC(=O)Nc1nc(-c2cccnc2)cs1. The molecule has 0 aliphatic heterocycles. The Balaban J connectivity index is 1.90. The van der Waals surface area contributed by atoms with Gasteiger partial charge in [0.05, 0.1) is 11.3 Å². The molecule has 0 bridgehead atoms. The molecular weight excluding hydrogens is 312 g/mol. The molecule has 0 spiro atoms. The maximum absolute atomic E-state index is 11.9. The highest BCUT2D eigenvalue weighted by molar-refractivity contribution is 7.14. The average molecular weight is 334 g/mol. The minimum Gasteiger partial charge on any atom is -0.388 e. The zero-order chi connectivity index (χ0) is 16.9. The molecule has 7 heteroatoms. The molecule has 124 valence electrons. The van der Waals surface area contributed by atoms with Crippen LogP contribution in [-0.4, -0.2) is 33.3 Å². The van der Waals surface area contributed by atoms with E-state index in [1.54, 1.807) is 19.3 Å². The number of rotatable bonds is 6. The van der Waals surface area contributed by atoms with Crippen LogP contribution in [0.4, 0.5) is 9.93 Å². The van der Waals surface area contributed by atoms with E-state index in [0.717, 1.165) is 17.7 Å². The second-order valence-corrected chi connectivity index (χ2v) is 6.61. The van der Waals surface area contributed by atoms with E-state index in [2.05, 4.69) is 20.6 Å². The Labute approximate surface area is 140 Å². The maximum Gasteiger partial charge on any atom is 0.321 e. The molecule has 2 heterocycles. The normalized spacial score (nSPS) is 14.8. The van der Waals surface area contributed by atoms with E-state index in [9.17, 15) is 9.90 Å². The van der Waals surface area contributed by atoms with Crippen molar-refractivity contribution in [2.45, 2.75) is 32.8 Å². The summed E-state index contributed by atoms with van der Waals surface area (Å²) in [6, 6.07) is 3.38. The number of thiazole rings is 1. The molecule has 0 aromatic carbocycles. The van der Waals surface area contributed by atoms with Gasteiger partial charge in [0.1, 0.15) is 0 Å². The van der Waals surface area contributed by atoms with Crippen molar-refractivity contribution >= 4 is 22.5 Å². The van der Waals surface area contributed by atoms with E-state index >= 15 is 0 Å². The first-order valence-corrected chi connectivity index (χ1v) is 8.43. The van der Waals surface area contributed by atoms with Crippen molar-refractivity contribution in [2.75, 3.05) is 11.9 Å². The maximum atomic E-state index is 11.9. The number of carbonyl (C=O) groups excluding carboxylic acids is 1. The minimum absolute atomic E-state index is 0.0971. The molecule has 23 heavy (non-hydrogen) atoms. The van der Waals surface area contributed by atoms with Crippen molar-refractivity contribution in [3.63, 3.8) is 0 Å². The molecule has 2 rings (SSSR count). The molecule has 0 radical (unpaired) electrons. The minimum atomic E-state index is -0.935. The molecule has 3 N–H and O–H groups in total. The van der Waals surface area contributed by atoms with Crippen LogP contribution in [0.5, 0.6) is 0 Å². The van der Waals surface area contributed by atoms with Gasteiger partial charge in [-0.25, -0.2) is 9.78 Å². The molecule has 2 atom stereocenters. The summed E-state index contributed by atoms with van der Waals surface area (Å²) in [5.41, 5.74) is 0.734. The molecule has 2 amide bonds. The van der Waals surface area contributed by atoms with E-state index in [1.807, 2.05) is 31.4 Å². The van der Waals surface area contributed by atoms with Gasteiger partial charge in [0.15, 0.2) is 5.13 Å². The first-order valence-electron chi connectivity index (χ1n) is 7.55. The second kappa shape index (κ2) is 7.52. The van der Waals surface area contributed by atoms with Gasteiger partial charge in [0, 0.05) is 29.9 Å². The van der Waals surface area contributed by atoms with Crippen LogP contribution in [-0.2, 0) is 0 Å². The van der Waals surface area contributed by atoms with Crippen molar-refractivity contribution in [3.05, 3.63) is 29.9 Å². The lowest BCUT2D eigenvalue weighted by Crippen LogP contribution is -2.46. The van der Waals surface area contributed by atoms with Gasteiger partial charge in [-0.05, 0) is 25.0 Å². The van der Waals surface area contributed by atoms with Crippen molar-refractivity contribution in [3.8, 4) is 11.3 Å². The third-order valence-corrected chi connectivity index (χ3v) is 4.72. The highest BCUT2D eigenvalue weighted by Crippen LogP contribution is 2.24. The number of aliphatic hydroxyl groups is 1. The zero-order valence-corrected chi connectivity index (χ0v) is 14.4. The smallest absolute Gasteiger partial charge is 0.321 e. The molecule has 2 aromatic heterocycles. The highest BCUT2D eigenvalue weighted by Gasteiger charge is 2.27. The number of pyridine rings is 1. The average Bonchev–Trinajstić information content (AvgIpc) is 3.01. The molecule has 0 fully saturated rings. The Morgan fingerprint density at radius 1 is 1.52 bits per heavy atom. The fourth-order valence-electron chi connectivity index (χ4n) is 1.99. The van der Waals surface area contributed by atoms with E-state index in [0.29, 0.717) is 5.13 Å². The lowest BCUT2D eigenvalue weighted by molar-refractivity contribution is 0.00827. The number of hydrogen-bond acceptors (Lipinski definition) is 5. The number of nitrogens with zero attached hydrogens (tertiary/aromatic N) is 2. The van der Waals surface area contributed by atoms with Gasteiger partial charge >= 0.3 is 6.03 Å². The van der Waals surface area contributed by atoms with E-state index in [-0.39, 0.29) is 18.5 Å². The summed E-state index contributed by atoms with van der Waals surface area (Å²) in [6.45, 7) is 5.88. The van der Waals surface area contributed by atoms with Crippen LogP contribution in [0.25, 0.3) is 11.3 Å². The first-order chi connectivity index (χ1) is 10.9. The number of aromatic nitrogens is 2. The number of nitrogens with one attached hydrogen (secondary N) is 2. The summed E-state index contributed by atoms with van der Waals surface area (Å²) in [7, 11) is 0. The molecule has 0 saturated heterocycles. The molecular formula is C16H22N4O2S. The quantitative estimate of drug-likeness (QED) is 0.757. The molecule has 0 aliphatic carbocycles. The zero-order valence-electron chi connectivity index (χ0n) is 13.5.